The molecular weight excluding hydrogens is 239 g/mol. The van der Waals surface area contributed by atoms with Crippen molar-refractivity contribution in [1.82, 2.24) is 5.32 Å². The second-order valence-electron chi connectivity index (χ2n) is 5.37. The van der Waals surface area contributed by atoms with Gasteiger partial charge in [-0.25, -0.2) is 0 Å². The average molecular weight is 257 g/mol. The van der Waals surface area contributed by atoms with E-state index in [2.05, 4.69) is 5.32 Å². The first kappa shape index (κ1) is 13.4. The zero-order valence-corrected chi connectivity index (χ0v) is 10.9. The van der Waals surface area contributed by atoms with Crippen LogP contribution < -0.4 is 5.32 Å². The summed E-state index contributed by atoms with van der Waals surface area (Å²) in [5.74, 6) is 0. The largest absolute Gasteiger partial charge is 0.406 e. The van der Waals surface area contributed by atoms with Gasteiger partial charge in [-0.15, -0.1) is 0 Å². The normalized spacial score (nSPS) is 19.7. The van der Waals surface area contributed by atoms with Crippen LogP contribution in [0.25, 0.3) is 0 Å². The molecule has 0 aliphatic heterocycles. The second-order valence-corrected chi connectivity index (χ2v) is 5.37. The fraction of sp³-hybridized carbons (Fsp3) is 0.571. The molecule has 0 spiro atoms. The van der Waals surface area contributed by atoms with Gasteiger partial charge in [-0.1, -0.05) is 29.3 Å². The lowest BCUT2D eigenvalue weighted by molar-refractivity contribution is -0.167. The van der Waals surface area contributed by atoms with E-state index in [1.54, 1.807) is 6.92 Å². The third-order valence-corrected chi connectivity index (χ3v) is 3.53. The SMILES string of the molecule is Cc1cc(C)cc(C(C)NC2(C(F)(F)F)CC2)c1. The molecule has 1 N–H and O–H groups in total. The van der Waals surface area contributed by atoms with Crippen LogP contribution in [0.3, 0.4) is 0 Å². The molecule has 2 rings (SSSR count). The molecule has 0 amide bonds. The summed E-state index contributed by atoms with van der Waals surface area (Å²) in [5.41, 5.74) is 1.43. The predicted octanol–water partition coefficient (Wildman–Crippen LogP) is 4.05. The summed E-state index contributed by atoms with van der Waals surface area (Å²) in [7, 11) is 0. The fourth-order valence-corrected chi connectivity index (χ4v) is 2.39. The van der Waals surface area contributed by atoms with E-state index < -0.39 is 11.7 Å². The van der Waals surface area contributed by atoms with Crippen molar-refractivity contribution in [3.8, 4) is 0 Å². The van der Waals surface area contributed by atoms with Gasteiger partial charge in [0.15, 0.2) is 0 Å². The number of hydrogen-bond donors (Lipinski definition) is 1. The second kappa shape index (κ2) is 4.26. The molecule has 1 nitrogen and oxygen atoms in total. The number of nitrogens with one attached hydrogen (secondary N) is 1. The Kier molecular flexibility index (Phi) is 3.18. The van der Waals surface area contributed by atoms with Gasteiger partial charge < -0.3 is 0 Å². The average Bonchev–Trinajstić information content (AvgIpc) is 2.96. The number of hydrogen-bond acceptors (Lipinski definition) is 1. The van der Waals surface area contributed by atoms with Crippen LogP contribution in [0.2, 0.25) is 0 Å². The van der Waals surface area contributed by atoms with Crippen LogP contribution in [0, 0.1) is 13.8 Å². The lowest BCUT2D eigenvalue weighted by Crippen LogP contribution is -2.45. The highest BCUT2D eigenvalue weighted by Crippen LogP contribution is 2.50. The van der Waals surface area contributed by atoms with Crippen LogP contribution in [0.15, 0.2) is 18.2 Å². The van der Waals surface area contributed by atoms with Crippen molar-refractivity contribution in [1.29, 1.82) is 0 Å². The van der Waals surface area contributed by atoms with Crippen LogP contribution in [0.1, 0.15) is 42.5 Å². The number of benzene rings is 1. The Bertz CT molecular complexity index is 427. The van der Waals surface area contributed by atoms with E-state index in [-0.39, 0.29) is 18.9 Å². The van der Waals surface area contributed by atoms with Crippen molar-refractivity contribution in [3.05, 3.63) is 34.9 Å². The molecule has 100 valence electrons. The van der Waals surface area contributed by atoms with Gasteiger partial charge in [0.1, 0.15) is 5.54 Å². The first-order valence-electron chi connectivity index (χ1n) is 6.16. The molecule has 1 unspecified atom stereocenters. The standard InChI is InChI=1S/C14H18F3N/c1-9-6-10(2)8-12(7-9)11(3)18-13(4-5-13)14(15,16)17/h6-8,11,18H,4-5H2,1-3H3. The smallest absolute Gasteiger partial charge is 0.297 e. The number of halogens is 3. The van der Waals surface area contributed by atoms with E-state index in [4.69, 9.17) is 0 Å². The first-order chi connectivity index (χ1) is 8.23. The van der Waals surface area contributed by atoms with Gasteiger partial charge >= 0.3 is 6.18 Å². The molecule has 1 aliphatic rings. The summed E-state index contributed by atoms with van der Waals surface area (Å²) in [6, 6.07) is 5.62. The van der Waals surface area contributed by atoms with Crippen molar-refractivity contribution >= 4 is 0 Å². The molecule has 0 heterocycles. The van der Waals surface area contributed by atoms with Crippen molar-refractivity contribution in [3.63, 3.8) is 0 Å². The monoisotopic (exact) mass is 257 g/mol. The zero-order valence-electron chi connectivity index (χ0n) is 10.9. The lowest BCUT2D eigenvalue weighted by atomic mass is 10.0. The van der Waals surface area contributed by atoms with Gasteiger partial charge in [-0.05, 0) is 39.2 Å². The quantitative estimate of drug-likeness (QED) is 0.861. The highest BCUT2D eigenvalue weighted by molar-refractivity contribution is 5.31. The van der Waals surface area contributed by atoms with Gasteiger partial charge in [-0.3, -0.25) is 5.32 Å². The Balaban J connectivity index is 2.15. The molecule has 0 aromatic heterocycles. The summed E-state index contributed by atoms with van der Waals surface area (Å²) >= 11 is 0. The minimum absolute atomic E-state index is 0.186. The zero-order chi connectivity index (χ0) is 13.6. The highest BCUT2D eigenvalue weighted by Gasteiger charge is 2.63. The van der Waals surface area contributed by atoms with Crippen molar-refractivity contribution in [2.45, 2.75) is 51.4 Å². The molecule has 1 fully saturated rings. The fourth-order valence-electron chi connectivity index (χ4n) is 2.39. The third kappa shape index (κ3) is 2.53. The molecular formula is C14H18F3N. The molecule has 0 radical (unpaired) electrons. The van der Waals surface area contributed by atoms with Gasteiger partial charge in [-0.2, -0.15) is 13.2 Å². The van der Waals surface area contributed by atoms with Crippen LogP contribution in [0.5, 0.6) is 0 Å². The molecule has 1 aromatic rings. The van der Waals surface area contributed by atoms with E-state index in [0.717, 1.165) is 16.7 Å². The van der Waals surface area contributed by atoms with Crippen molar-refractivity contribution < 1.29 is 13.2 Å². The Morgan fingerprint density at radius 2 is 1.61 bits per heavy atom. The maximum Gasteiger partial charge on any atom is 0.406 e. The van der Waals surface area contributed by atoms with Gasteiger partial charge in [0.25, 0.3) is 0 Å². The third-order valence-electron chi connectivity index (χ3n) is 3.53. The molecule has 0 saturated heterocycles. The Morgan fingerprint density at radius 1 is 1.11 bits per heavy atom. The van der Waals surface area contributed by atoms with E-state index in [1.807, 2.05) is 32.0 Å². The van der Waals surface area contributed by atoms with Gasteiger partial charge in [0.05, 0.1) is 0 Å². The van der Waals surface area contributed by atoms with Crippen LogP contribution in [-0.4, -0.2) is 11.7 Å². The molecule has 0 bridgehead atoms. The number of alkyl halides is 3. The molecule has 1 atom stereocenters. The molecule has 1 aromatic carbocycles. The Hall–Kier alpha value is -1.03. The van der Waals surface area contributed by atoms with E-state index in [9.17, 15) is 13.2 Å². The van der Waals surface area contributed by atoms with Crippen LogP contribution in [-0.2, 0) is 0 Å². The molecule has 1 aliphatic carbocycles. The van der Waals surface area contributed by atoms with E-state index in [0.29, 0.717) is 0 Å². The van der Waals surface area contributed by atoms with E-state index >= 15 is 0 Å². The van der Waals surface area contributed by atoms with Gasteiger partial charge in [0.2, 0.25) is 0 Å². The highest BCUT2D eigenvalue weighted by atomic mass is 19.4. The summed E-state index contributed by atoms with van der Waals surface area (Å²) in [5, 5.41) is 2.75. The number of rotatable bonds is 3. The Morgan fingerprint density at radius 3 is 2.00 bits per heavy atom. The first-order valence-corrected chi connectivity index (χ1v) is 6.16. The van der Waals surface area contributed by atoms with Crippen molar-refractivity contribution in [2.24, 2.45) is 0 Å². The topological polar surface area (TPSA) is 12.0 Å². The summed E-state index contributed by atoms with van der Waals surface area (Å²) < 4.78 is 38.6. The minimum atomic E-state index is -4.15. The Labute approximate surface area is 105 Å². The summed E-state index contributed by atoms with van der Waals surface area (Å²) in [6.07, 6.45) is -3.78. The van der Waals surface area contributed by atoms with E-state index in [1.165, 1.54) is 0 Å². The van der Waals surface area contributed by atoms with Crippen LogP contribution in [0.4, 0.5) is 13.2 Å². The minimum Gasteiger partial charge on any atom is -0.297 e. The lowest BCUT2D eigenvalue weighted by Gasteiger charge is -2.25. The molecule has 18 heavy (non-hydrogen) atoms. The maximum absolute atomic E-state index is 12.9. The molecule has 1 saturated carbocycles. The predicted molar refractivity (Wildman–Crippen MR) is 65.5 cm³/mol. The van der Waals surface area contributed by atoms with Crippen molar-refractivity contribution in [2.75, 3.05) is 0 Å². The molecule has 4 heteroatoms. The summed E-state index contributed by atoms with van der Waals surface area (Å²) in [6.45, 7) is 5.71. The number of aryl methyl sites for hydroxylation is 2. The summed E-state index contributed by atoms with van der Waals surface area (Å²) in [4.78, 5) is 0. The van der Waals surface area contributed by atoms with Gasteiger partial charge in [0, 0.05) is 6.04 Å². The maximum atomic E-state index is 12.9. The van der Waals surface area contributed by atoms with Crippen LogP contribution >= 0.6 is 0 Å².